The minimum Gasteiger partial charge on any atom is -0.396 e. The number of rotatable bonds is 2. The Hall–Kier alpha value is -1.29. The van der Waals surface area contributed by atoms with Crippen molar-refractivity contribution in [2.45, 2.75) is 25.8 Å². The summed E-state index contributed by atoms with van der Waals surface area (Å²) in [5.74, 6) is 0.297. The summed E-state index contributed by atoms with van der Waals surface area (Å²) in [5, 5.41) is 9.16. The van der Waals surface area contributed by atoms with Gasteiger partial charge in [0.2, 0.25) is 0 Å². The van der Waals surface area contributed by atoms with Gasteiger partial charge in [-0.25, -0.2) is 0 Å². The Morgan fingerprint density at radius 2 is 2.44 bits per heavy atom. The number of hydrogen-bond donors (Lipinski definition) is 2. The Kier molecular flexibility index (Phi) is 3.29. The molecule has 1 amide bonds. The predicted octanol–water partition coefficient (Wildman–Crippen LogP) is 1.25. The molecule has 0 spiro atoms. The highest BCUT2D eigenvalue weighted by Crippen LogP contribution is 2.23. The van der Waals surface area contributed by atoms with Gasteiger partial charge in [-0.3, -0.25) is 4.79 Å². The average Bonchev–Trinajstić information content (AvgIpc) is 2.82. The molecule has 0 radical (unpaired) electrons. The monoisotopic (exact) mass is 222 g/mol. The fraction of sp³-hybridized carbons (Fsp3) is 0.583. The van der Waals surface area contributed by atoms with Crippen LogP contribution in [0.15, 0.2) is 18.5 Å². The van der Waals surface area contributed by atoms with Gasteiger partial charge < -0.3 is 15.0 Å². The van der Waals surface area contributed by atoms with Gasteiger partial charge in [-0.2, -0.15) is 0 Å². The summed E-state index contributed by atoms with van der Waals surface area (Å²) in [4.78, 5) is 16.9. The van der Waals surface area contributed by atoms with Gasteiger partial charge in [-0.15, -0.1) is 0 Å². The van der Waals surface area contributed by atoms with E-state index in [0.29, 0.717) is 12.1 Å². The van der Waals surface area contributed by atoms with Crippen LogP contribution in [0, 0.1) is 5.92 Å². The van der Waals surface area contributed by atoms with Crippen LogP contribution in [0.2, 0.25) is 0 Å². The quantitative estimate of drug-likeness (QED) is 0.791. The number of carbonyl (C=O) groups excluding carboxylic acids is 1. The first-order valence-corrected chi connectivity index (χ1v) is 5.77. The van der Waals surface area contributed by atoms with E-state index < -0.39 is 0 Å². The van der Waals surface area contributed by atoms with E-state index in [1.54, 1.807) is 18.5 Å². The summed E-state index contributed by atoms with van der Waals surface area (Å²) in [5.41, 5.74) is 0.699. The van der Waals surface area contributed by atoms with E-state index in [-0.39, 0.29) is 24.5 Å². The number of piperidine rings is 1. The lowest BCUT2D eigenvalue weighted by Gasteiger charge is -2.37. The molecule has 1 saturated heterocycles. The van der Waals surface area contributed by atoms with E-state index in [0.717, 1.165) is 12.8 Å². The zero-order valence-corrected chi connectivity index (χ0v) is 9.52. The standard InChI is InChI=1S/C12H18N2O2/c1-9-2-3-10(8-15)7-14(9)12(16)11-4-5-13-6-11/h4-6,9-10,13,15H,2-3,7-8H2,1H3. The smallest absolute Gasteiger partial charge is 0.255 e. The molecular weight excluding hydrogens is 204 g/mol. The van der Waals surface area contributed by atoms with Crippen LogP contribution >= 0.6 is 0 Å². The maximum Gasteiger partial charge on any atom is 0.255 e. The first-order chi connectivity index (χ1) is 7.72. The zero-order chi connectivity index (χ0) is 11.5. The van der Waals surface area contributed by atoms with Crippen molar-refractivity contribution in [3.05, 3.63) is 24.0 Å². The number of aliphatic hydroxyl groups excluding tert-OH is 1. The lowest BCUT2D eigenvalue weighted by atomic mass is 9.93. The molecule has 2 N–H and O–H groups in total. The molecule has 1 aliphatic heterocycles. The second-order valence-corrected chi connectivity index (χ2v) is 4.53. The summed E-state index contributed by atoms with van der Waals surface area (Å²) < 4.78 is 0. The second-order valence-electron chi connectivity index (χ2n) is 4.53. The molecule has 4 heteroatoms. The van der Waals surface area contributed by atoms with Crippen molar-refractivity contribution in [1.29, 1.82) is 0 Å². The van der Waals surface area contributed by atoms with Gasteiger partial charge in [0, 0.05) is 31.6 Å². The van der Waals surface area contributed by atoms with E-state index in [9.17, 15) is 4.79 Å². The van der Waals surface area contributed by atoms with Crippen LogP contribution < -0.4 is 0 Å². The summed E-state index contributed by atoms with van der Waals surface area (Å²) in [6.07, 6.45) is 5.46. The number of amides is 1. The van der Waals surface area contributed by atoms with Crippen LogP contribution in [0.5, 0.6) is 0 Å². The normalized spacial score (nSPS) is 25.8. The SMILES string of the molecule is CC1CCC(CO)CN1C(=O)c1cc[nH]c1. The van der Waals surface area contributed by atoms with Gasteiger partial charge in [0.25, 0.3) is 5.91 Å². The molecule has 2 atom stereocenters. The van der Waals surface area contributed by atoms with Crippen molar-refractivity contribution >= 4 is 5.91 Å². The highest BCUT2D eigenvalue weighted by Gasteiger charge is 2.29. The molecule has 1 aromatic heterocycles. The molecule has 1 fully saturated rings. The Morgan fingerprint density at radius 1 is 1.62 bits per heavy atom. The van der Waals surface area contributed by atoms with Crippen LogP contribution in [-0.2, 0) is 0 Å². The summed E-state index contributed by atoms with van der Waals surface area (Å²) in [6, 6.07) is 2.06. The molecule has 4 nitrogen and oxygen atoms in total. The topological polar surface area (TPSA) is 56.3 Å². The van der Waals surface area contributed by atoms with Crippen LogP contribution in [0.25, 0.3) is 0 Å². The second kappa shape index (κ2) is 4.70. The van der Waals surface area contributed by atoms with E-state index in [1.807, 2.05) is 4.90 Å². The Bertz CT molecular complexity index is 348. The lowest BCUT2D eigenvalue weighted by molar-refractivity contribution is 0.0489. The molecule has 2 rings (SSSR count). The van der Waals surface area contributed by atoms with Crippen molar-refractivity contribution in [1.82, 2.24) is 9.88 Å². The van der Waals surface area contributed by atoms with Gasteiger partial charge in [0.05, 0.1) is 5.56 Å². The Morgan fingerprint density at radius 3 is 3.06 bits per heavy atom. The minimum absolute atomic E-state index is 0.0619. The van der Waals surface area contributed by atoms with Gasteiger partial charge >= 0.3 is 0 Å². The molecule has 2 heterocycles. The lowest BCUT2D eigenvalue weighted by Crippen LogP contribution is -2.46. The largest absolute Gasteiger partial charge is 0.396 e. The van der Waals surface area contributed by atoms with Crippen LogP contribution in [-0.4, -0.2) is 40.1 Å². The zero-order valence-electron chi connectivity index (χ0n) is 9.52. The van der Waals surface area contributed by atoms with Crippen molar-refractivity contribution in [2.75, 3.05) is 13.2 Å². The first kappa shape index (κ1) is 11.2. The average molecular weight is 222 g/mol. The maximum atomic E-state index is 12.2. The van der Waals surface area contributed by atoms with E-state index in [1.165, 1.54) is 0 Å². The maximum absolute atomic E-state index is 12.2. The van der Waals surface area contributed by atoms with E-state index in [2.05, 4.69) is 11.9 Å². The molecule has 1 aromatic rings. The number of aromatic nitrogens is 1. The number of likely N-dealkylation sites (tertiary alicyclic amines) is 1. The number of aliphatic hydroxyl groups is 1. The fourth-order valence-electron chi connectivity index (χ4n) is 2.24. The summed E-state index contributed by atoms with van der Waals surface area (Å²) in [7, 11) is 0. The van der Waals surface area contributed by atoms with Gasteiger partial charge in [-0.1, -0.05) is 0 Å². The third-order valence-corrected chi connectivity index (χ3v) is 3.34. The number of nitrogens with zero attached hydrogens (tertiary/aromatic N) is 1. The molecule has 0 aliphatic carbocycles. The minimum atomic E-state index is 0.0619. The van der Waals surface area contributed by atoms with E-state index >= 15 is 0 Å². The molecule has 88 valence electrons. The number of nitrogens with one attached hydrogen (secondary N) is 1. The highest BCUT2D eigenvalue weighted by molar-refractivity contribution is 5.94. The van der Waals surface area contributed by atoms with E-state index in [4.69, 9.17) is 5.11 Å². The van der Waals surface area contributed by atoms with Crippen molar-refractivity contribution < 1.29 is 9.90 Å². The van der Waals surface area contributed by atoms with Crippen LogP contribution in [0.1, 0.15) is 30.1 Å². The number of H-pyrrole nitrogens is 1. The van der Waals surface area contributed by atoms with Crippen molar-refractivity contribution in [3.8, 4) is 0 Å². The van der Waals surface area contributed by atoms with Gasteiger partial charge in [-0.05, 0) is 31.7 Å². The summed E-state index contributed by atoms with van der Waals surface area (Å²) >= 11 is 0. The predicted molar refractivity (Wildman–Crippen MR) is 61.1 cm³/mol. The molecule has 2 unspecified atom stereocenters. The Labute approximate surface area is 95.3 Å². The third kappa shape index (κ3) is 2.11. The van der Waals surface area contributed by atoms with Crippen molar-refractivity contribution in [2.24, 2.45) is 5.92 Å². The molecule has 0 saturated carbocycles. The molecule has 0 aromatic carbocycles. The first-order valence-electron chi connectivity index (χ1n) is 5.77. The fourth-order valence-corrected chi connectivity index (χ4v) is 2.24. The number of carbonyl (C=O) groups is 1. The molecule has 16 heavy (non-hydrogen) atoms. The van der Waals surface area contributed by atoms with Crippen LogP contribution in [0.3, 0.4) is 0 Å². The Balaban J connectivity index is 2.09. The highest BCUT2D eigenvalue weighted by atomic mass is 16.3. The molecule has 0 bridgehead atoms. The third-order valence-electron chi connectivity index (χ3n) is 3.34. The molecular formula is C12H18N2O2. The summed E-state index contributed by atoms with van der Waals surface area (Å²) in [6.45, 7) is 2.91. The number of hydrogen-bond acceptors (Lipinski definition) is 2. The van der Waals surface area contributed by atoms with Gasteiger partial charge in [0.1, 0.15) is 0 Å². The van der Waals surface area contributed by atoms with Crippen LogP contribution in [0.4, 0.5) is 0 Å². The van der Waals surface area contributed by atoms with Crippen molar-refractivity contribution in [3.63, 3.8) is 0 Å². The molecule has 1 aliphatic rings. The number of aromatic amines is 1. The van der Waals surface area contributed by atoms with Gasteiger partial charge in [0.15, 0.2) is 0 Å².